The van der Waals surface area contributed by atoms with Crippen molar-refractivity contribution in [2.45, 2.75) is 398 Å². The van der Waals surface area contributed by atoms with Crippen molar-refractivity contribution in [3.63, 3.8) is 0 Å². The van der Waals surface area contributed by atoms with E-state index in [-0.39, 0.29) is 18.5 Å². The summed E-state index contributed by atoms with van der Waals surface area (Å²) in [6.45, 7) is 4.96. The second-order valence-corrected chi connectivity index (χ2v) is 24.2. The van der Waals surface area contributed by atoms with Gasteiger partial charge in [0.15, 0.2) is 0 Å². The summed E-state index contributed by atoms with van der Waals surface area (Å²) in [5, 5.41) is 23.3. The van der Waals surface area contributed by atoms with E-state index in [0.717, 1.165) is 51.4 Å². The van der Waals surface area contributed by atoms with Gasteiger partial charge in [0.05, 0.1) is 25.4 Å². The summed E-state index contributed by atoms with van der Waals surface area (Å²) in [5.74, 6) is -0.0281. The predicted molar refractivity (Wildman–Crippen MR) is 343 cm³/mol. The van der Waals surface area contributed by atoms with Gasteiger partial charge in [0.1, 0.15) is 0 Å². The molecule has 0 aliphatic carbocycles. The Bertz CT molecular complexity index is 1260. The smallest absolute Gasteiger partial charge is 0.305 e. The molecule has 6 heteroatoms. The van der Waals surface area contributed by atoms with Gasteiger partial charge in [0.2, 0.25) is 5.91 Å². The standard InChI is InChI=1S/C72H137NO5/c1-3-5-7-9-11-13-15-17-19-36-40-44-48-52-56-60-64-70(75)69(68-74)73-71(76)65-61-57-53-49-45-41-37-34-32-30-28-26-24-22-21-23-25-27-29-31-33-35-39-43-47-51-55-59-63-67-78-72(77)66-62-58-54-50-46-42-38-20-18-16-14-12-10-8-6-4-2/h14,16,20-21,23,38,69-70,74-75H,3-13,15,17-19,22,24-37,39-68H2,1-2H3,(H,73,76)/b16-14-,23-21-,38-20-. The molecule has 2 unspecified atom stereocenters. The fraction of sp³-hybridized carbons (Fsp3) is 0.889. The lowest BCUT2D eigenvalue weighted by Crippen LogP contribution is -2.45. The van der Waals surface area contributed by atoms with Crippen molar-refractivity contribution < 1.29 is 24.5 Å². The predicted octanol–water partition coefficient (Wildman–Crippen LogP) is 22.7. The van der Waals surface area contributed by atoms with Crippen LogP contribution in [0.3, 0.4) is 0 Å². The van der Waals surface area contributed by atoms with Gasteiger partial charge in [-0.3, -0.25) is 9.59 Å². The highest BCUT2D eigenvalue weighted by Gasteiger charge is 2.20. The third-order valence-corrected chi connectivity index (χ3v) is 16.4. The minimum Gasteiger partial charge on any atom is -0.466 e. The van der Waals surface area contributed by atoms with Crippen LogP contribution < -0.4 is 5.32 Å². The maximum Gasteiger partial charge on any atom is 0.305 e. The van der Waals surface area contributed by atoms with E-state index in [0.29, 0.717) is 25.9 Å². The normalized spacial score (nSPS) is 12.7. The summed E-state index contributed by atoms with van der Waals surface area (Å²) in [7, 11) is 0. The van der Waals surface area contributed by atoms with Crippen molar-refractivity contribution in [2.24, 2.45) is 0 Å². The van der Waals surface area contributed by atoms with E-state index in [9.17, 15) is 19.8 Å². The van der Waals surface area contributed by atoms with Crippen LogP contribution in [-0.2, 0) is 14.3 Å². The molecule has 3 N–H and O–H groups in total. The van der Waals surface area contributed by atoms with Crippen LogP contribution in [0.1, 0.15) is 386 Å². The first-order chi connectivity index (χ1) is 38.5. The number of amides is 1. The number of ether oxygens (including phenoxy) is 1. The molecule has 1 amide bonds. The van der Waals surface area contributed by atoms with Crippen LogP contribution in [0.15, 0.2) is 36.5 Å². The highest BCUT2D eigenvalue weighted by atomic mass is 16.5. The fourth-order valence-corrected chi connectivity index (χ4v) is 11.0. The number of aliphatic hydroxyl groups excluding tert-OH is 2. The van der Waals surface area contributed by atoms with Gasteiger partial charge in [0.25, 0.3) is 0 Å². The van der Waals surface area contributed by atoms with Crippen LogP contribution in [0.5, 0.6) is 0 Å². The molecule has 0 aliphatic heterocycles. The summed E-state index contributed by atoms with van der Waals surface area (Å²) in [6, 6.07) is -0.541. The highest BCUT2D eigenvalue weighted by molar-refractivity contribution is 5.76. The Morgan fingerprint density at radius 3 is 1.00 bits per heavy atom. The zero-order chi connectivity index (χ0) is 56.4. The molecule has 78 heavy (non-hydrogen) atoms. The number of hydrogen-bond donors (Lipinski definition) is 3. The van der Waals surface area contributed by atoms with Crippen LogP contribution >= 0.6 is 0 Å². The summed E-state index contributed by atoms with van der Waals surface area (Å²) in [4.78, 5) is 24.6. The Balaban J connectivity index is 3.37. The van der Waals surface area contributed by atoms with Gasteiger partial charge >= 0.3 is 5.97 Å². The van der Waals surface area contributed by atoms with Crippen molar-refractivity contribution in [1.82, 2.24) is 5.32 Å². The van der Waals surface area contributed by atoms with Crippen molar-refractivity contribution in [1.29, 1.82) is 0 Å². The van der Waals surface area contributed by atoms with Crippen molar-refractivity contribution in [2.75, 3.05) is 13.2 Å². The van der Waals surface area contributed by atoms with Crippen LogP contribution in [-0.4, -0.2) is 47.4 Å². The molecule has 0 aliphatic rings. The minimum atomic E-state index is -0.664. The second kappa shape index (κ2) is 67.6. The number of rotatable bonds is 66. The van der Waals surface area contributed by atoms with Gasteiger partial charge in [0, 0.05) is 12.8 Å². The number of allylic oxidation sites excluding steroid dienone is 6. The molecule has 460 valence electrons. The Kier molecular flexibility index (Phi) is 65.9. The first kappa shape index (κ1) is 76.1. The molecule has 2 atom stereocenters. The zero-order valence-electron chi connectivity index (χ0n) is 52.7. The lowest BCUT2D eigenvalue weighted by molar-refractivity contribution is -0.143. The molecule has 0 saturated heterocycles. The third kappa shape index (κ3) is 63.3. The molecule has 0 aromatic heterocycles. The van der Waals surface area contributed by atoms with Crippen LogP contribution in [0, 0.1) is 0 Å². The maximum atomic E-state index is 12.5. The largest absolute Gasteiger partial charge is 0.466 e. The van der Waals surface area contributed by atoms with Gasteiger partial charge in [-0.2, -0.15) is 0 Å². The third-order valence-electron chi connectivity index (χ3n) is 16.4. The highest BCUT2D eigenvalue weighted by Crippen LogP contribution is 2.18. The summed E-state index contributed by atoms with van der Waals surface area (Å²) < 4.78 is 5.49. The zero-order valence-corrected chi connectivity index (χ0v) is 52.7. The number of hydrogen-bond acceptors (Lipinski definition) is 5. The Morgan fingerprint density at radius 2 is 0.641 bits per heavy atom. The average Bonchev–Trinajstić information content (AvgIpc) is 3.44. The van der Waals surface area contributed by atoms with E-state index >= 15 is 0 Å². The van der Waals surface area contributed by atoms with Crippen LogP contribution in [0.25, 0.3) is 0 Å². The number of esters is 1. The first-order valence-corrected chi connectivity index (χ1v) is 35.2. The number of carbonyl (C=O) groups is 2. The van der Waals surface area contributed by atoms with Gasteiger partial charge in [-0.15, -0.1) is 0 Å². The molecule has 0 aromatic carbocycles. The molecule has 0 bridgehead atoms. The molecule has 6 nitrogen and oxygen atoms in total. The summed E-state index contributed by atoms with van der Waals surface area (Å²) in [5.41, 5.74) is 0. The average molecular weight is 1100 g/mol. The lowest BCUT2D eigenvalue weighted by atomic mass is 10.0. The topological polar surface area (TPSA) is 95.9 Å². The monoisotopic (exact) mass is 1100 g/mol. The van der Waals surface area contributed by atoms with Gasteiger partial charge in [-0.1, -0.05) is 326 Å². The molecule has 0 rings (SSSR count). The molecular formula is C72H137NO5. The minimum absolute atomic E-state index is 0.00339. The van der Waals surface area contributed by atoms with E-state index in [1.165, 1.54) is 302 Å². The number of nitrogens with one attached hydrogen (secondary N) is 1. The lowest BCUT2D eigenvalue weighted by Gasteiger charge is -2.22. The SMILES string of the molecule is CCCCCC/C=C\C/C=C\CCCCCCCC(=O)OCCCCCCCCCCCCCC/C=C\CCCCCCCCCCCCCCCC(=O)NC(CO)C(O)CCCCCCCCCCCCCCCCCC. The quantitative estimate of drug-likeness (QED) is 0.0320. The second-order valence-electron chi connectivity index (χ2n) is 24.2. The fourth-order valence-electron chi connectivity index (χ4n) is 11.0. The Hall–Kier alpha value is -1.92. The molecule has 0 spiro atoms. The molecule has 0 saturated carbocycles. The first-order valence-electron chi connectivity index (χ1n) is 35.2. The number of carbonyl (C=O) groups excluding carboxylic acids is 2. The van der Waals surface area contributed by atoms with E-state index in [1.807, 2.05) is 0 Å². The molecular weight excluding hydrogens is 959 g/mol. The number of unbranched alkanes of at least 4 members (excludes halogenated alkanes) is 49. The molecule has 0 fully saturated rings. The maximum absolute atomic E-state index is 12.5. The van der Waals surface area contributed by atoms with Crippen LogP contribution in [0.4, 0.5) is 0 Å². The van der Waals surface area contributed by atoms with Crippen LogP contribution in [0.2, 0.25) is 0 Å². The molecule has 0 radical (unpaired) electrons. The Morgan fingerprint density at radius 1 is 0.359 bits per heavy atom. The van der Waals surface area contributed by atoms with Crippen molar-refractivity contribution in [3.05, 3.63) is 36.5 Å². The number of aliphatic hydroxyl groups is 2. The summed E-state index contributed by atoms with van der Waals surface area (Å²) >= 11 is 0. The van der Waals surface area contributed by atoms with E-state index < -0.39 is 12.1 Å². The van der Waals surface area contributed by atoms with Gasteiger partial charge < -0.3 is 20.3 Å². The molecule has 0 heterocycles. The van der Waals surface area contributed by atoms with Crippen molar-refractivity contribution >= 4 is 11.9 Å². The van der Waals surface area contributed by atoms with E-state index in [2.05, 4.69) is 55.6 Å². The van der Waals surface area contributed by atoms with Gasteiger partial charge in [-0.25, -0.2) is 0 Å². The van der Waals surface area contributed by atoms with Gasteiger partial charge in [-0.05, 0) is 83.5 Å². The van der Waals surface area contributed by atoms with Crippen molar-refractivity contribution in [3.8, 4) is 0 Å². The van der Waals surface area contributed by atoms with E-state index in [4.69, 9.17) is 4.74 Å². The Labute approximate surface area is 487 Å². The molecule has 0 aromatic rings. The van der Waals surface area contributed by atoms with E-state index in [1.54, 1.807) is 0 Å². The summed E-state index contributed by atoms with van der Waals surface area (Å²) in [6.07, 6.45) is 86.2.